The summed E-state index contributed by atoms with van der Waals surface area (Å²) < 4.78 is 0. The van der Waals surface area contributed by atoms with Crippen molar-refractivity contribution in [2.24, 2.45) is 0 Å². The fourth-order valence-electron chi connectivity index (χ4n) is 2.26. The second kappa shape index (κ2) is 3.88. The Morgan fingerprint density at radius 1 is 1.47 bits per heavy atom. The Balaban J connectivity index is 2.65. The van der Waals surface area contributed by atoms with Crippen LogP contribution in [0.3, 0.4) is 0 Å². The Labute approximate surface area is 107 Å². The molecule has 1 aliphatic rings. The number of aryl methyl sites for hydroxylation is 1. The van der Waals surface area contributed by atoms with Gasteiger partial charge >= 0.3 is 0 Å². The molecule has 17 heavy (non-hydrogen) atoms. The van der Waals surface area contributed by atoms with Crippen LogP contribution in [0.2, 0.25) is 5.02 Å². The fourth-order valence-corrected chi connectivity index (χ4v) is 2.43. The van der Waals surface area contributed by atoms with Crippen molar-refractivity contribution in [1.29, 1.82) is 0 Å². The van der Waals surface area contributed by atoms with Gasteiger partial charge in [0.05, 0.1) is 5.41 Å². The van der Waals surface area contributed by atoms with Crippen LogP contribution < -0.4 is 4.90 Å². The van der Waals surface area contributed by atoms with Gasteiger partial charge in [-0.05, 0) is 44.0 Å². The number of hydrogen-bond donors (Lipinski definition) is 0. The van der Waals surface area contributed by atoms with E-state index in [1.807, 2.05) is 32.9 Å². The first-order valence-corrected chi connectivity index (χ1v) is 6.01. The summed E-state index contributed by atoms with van der Waals surface area (Å²) in [6.07, 6.45) is 1.74. The van der Waals surface area contributed by atoms with Gasteiger partial charge in [-0.3, -0.25) is 4.79 Å². The molecular weight excluding hydrogens is 234 g/mol. The number of nitrogens with zero attached hydrogens (tertiary/aromatic N) is 1. The second-order valence-electron chi connectivity index (χ2n) is 4.95. The summed E-state index contributed by atoms with van der Waals surface area (Å²) in [5.41, 5.74) is 2.45. The maximum Gasteiger partial charge on any atom is 0.237 e. The van der Waals surface area contributed by atoms with Crippen LogP contribution >= 0.6 is 11.6 Å². The average molecular weight is 250 g/mol. The molecule has 0 aliphatic carbocycles. The molecule has 1 aromatic rings. The minimum Gasteiger partial charge on any atom is -0.308 e. The highest BCUT2D eigenvalue weighted by Crippen LogP contribution is 2.43. The van der Waals surface area contributed by atoms with Crippen LogP contribution in [0.5, 0.6) is 0 Å². The van der Waals surface area contributed by atoms with Crippen LogP contribution in [0.1, 0.15) is 25.0 Å². The number of fused-ring (bicyclic) bond motifs is 1. The smallest absolute Gasteiger partial charge is 0.237 e. The van der Waals surface area contributed by atoms with Gasteiger partial charge in [-0.1, -0.05) is 17.7 Å². The van der Waals surface area contributed by atoms with E-state index in [9.17, 15) is 4.79 Å². The van der Waals surface area contributed by atoms with Gasteiger partial charge in [0.2, 0.25) is 5.91 Å². The van der Waals surface area contributed by atoms with E-state index in [1.54, 1.807) is 11.0 Å². The number of anilines is 1. The molecule has 0 saturated carbocycles. The third-order valence-electron chi connectivity index (χ3n) is 3.33. The molecule has 3 heteroatoms. The van der Waals surface area contributed by atoms with Gasteiger partial charge in [-0.25, -0.2) is 0 Å². The first kappa shape index (κ1) is 12.2. The predicted octanol–water partition coefficient (Wildman–Crippen LogP) is 3.46. The second-order valence-corrected chi connectivity index (χ2v) is 5.36. The van der Waals surface area contributed by atoms with Crippen molar-refractivity contribution in [3.8, 4) is 0 Å². The lowest BCUT2D eigenvalue weighted by molar-refractivity contribution is -0.121. The Morgan fingerprint density at radius 2 is 2.12 bits per heavy atom. The molecule has 0 atom stereocenters. The molecule has 2 rings (SSSR count). The summed E-state index contributed by atoms with van der Waals surface area (Å²) in [6, 6.07) is 3.89. The first-order valence-electron chi connectivity index (χ1n) is 5.63. The van der Waals surface area contributed by atoms with Crippen LogP contribution in [0, 0.1) is 6.92 Å². The van der Waals surface area contributed by atoms with Crippen molar-refractivity contribution in [2.75, 3.05) is 11.4 Å². The highest BCUT2D eigenvalue weighted by Gasteiger charge is 2.43. The lowest BCUT2D eigenvalue weighted by Crippen LogP contribution is -2.36. The Morgan fingerprint density at radius 3 is 2.71 bits per heavy atom. The summed E-state index contributed by atoms with van der Waals surface area (Å²) in [7, 11) is 0. The van der Waals surface area contributed by atoms with E-state index in [2.05, 4.69) is 6.58 Å². The molecule has 1 aliphatic heterocycles. The molecule has 90 valence electrons. The molecule has 1 heterocycles. The van der Waals surface area contributed by atoms with E-state index in [-0.39, 0.29) is 5.91 Å². The van der Waals surface area contributed by atoms with Gasteiger partial charge in [0, 0.05) is 17.3 Å². The van der Waals surface area contributed by atoms with Crippen molar-refractivity contribution in [1.82, 2.24) is 0 Å². The van der Waals surface area contributed by atoms with Gasteiger partial charge in [-0.15, -0.1) is 6.58 Å². The summed E-state index contributed by atoms with van der Waals surface area (Å²) in [4.78, 5) is 14.1. The highest BCUT2D eigenvalue weighted by molar-refractivity contribution is 6.31. The molecule has 0 bridgehead atoms. The maximum absolute atomic E-state index is 12.3. The average Bonchev–Trinajstić information content (AvgIpc) is 2.43. The zero-order valence-electron chi connectivity index (χ0n) is 10.4. The monoisotopic (exact) mass is 249 g/mol. The van der Waals surface area contributed by atoms with E-state index >= 15 is 0 Å². The normalized spacial score (nSPS) is 17.2. The van der Waals surface area contributed by atoms with Crippen LogP contribution in [0.15, 0.2) is 24.8 Å². The summed E-state index contributed by atoms with van der Waals surface area (Å²) >= 11 is 6.14. The molecule has 0 N–H and O–H groups in total. The Hall–Kier alpha value is -1.28. The minimum atomic E-state index is -0.504. The Bertz CT molecular complexity index is 505. The number of benzene rings is 1. The summed E-state index contributed by atoms with van der Waals surface area (Å²) in [5.74, 6) is 0.106. The largest absolute Gasteiger partial charge is 0.308 e. The molecule has 1 amide bonds. The van der Waals surface area contributed by atoms with E-state index in [1.165, 1.54) is 0 Å². The Kier molecular flexibility index (Phi) is 2.78. The molecular formula is C14H16ClNO. The topological polar surface area (TPSA) is 20.3 Å². The third-order valence-corrected chi connectivity index (χ3v) is 3.74. The molecule has 2 nitrogen and oxygen atoms in total. The van der Waals surface area contributed by atoms with Gasteiger partial charge in [0.25, 0.3) is 0 Å². The molecule has 0 fully saturated rings. The maximum atomic E-state index is 12.3. The molecule has 0 radical (unpaired) electrons. The number of hydrogen-bond acceptors (Lipinski definition) is 1. The van der Waals surface area contributed by atoms with Crippen molar-refractivity contribution in [3.63, 3.8) is 0 Å². The van der Waals surface area contributed by atoms with Crippen LogP contribution in [0.4, 0.5) is 5.69 Å². The molecule has 0 spiro atoms. The number of carbonyl (C=O) groups is 1. The standard InChI is InChI=1S/C14H16ClNO/c1-5-6-16-12-7-9(2)11(15)8-10(12)14(3,4)13(16)17/h5,7-8H,1,6H2,2-4H3. The summed E-state index contributed by atoms with van der Waals surface area (Å²) in [5, 5.41) is 0.713. The van der Waals surface area contributed by atoms with Crippen molar-refractivity contribution >= 4 is 23.2 Å². The molecule has 0 saturated heterocycles. The zero-order valence-corrected chi connectivity index (χ0v) is 11.1. The van der Waals surface area contributed by atoms with Crippen LogP contribution in [-0.4, -0.2) is 12.5 Å². The number of rotatable bonds is 2. The molecule has 0 aromatic heterocycles. The fraction of sp³-hybridized carbons (Fsp3) is 0.357. The van der Waals surface area contributed by atoms with Crippen molar-refractivity contribution in [3.05, 3.63) is 40.9 Å². The first-order chi connectivity index (χ1) is 7.89. The van der Waals surface area contributed by atoms with Gasteiger partial charge in [0.1, 0.15) is 0 Å². The zero-order chi connectivity index (χ0) is 12.8. The van der Waals surface area contributed by atoms with Gasteiger partial charge in [-0.2, -0.15) is 0 Å². The highest BCUT2D eigenvalue weighted by atomic mass is 35.5. The molecule has 0 unspecified atom stereocenters. The van der Waals surface area contributed by atoms with E-state index in [0.29, 0.717) is 11.6 Å². The number of carbonyl (C=O) groups excluding carboxylic acids is 1. The quantitative estimate of drug-likeness (QED) is 0.735. The third kappa shape index (κ3) is 1.67. The SMILES string of the molecule is C=CCN1C(=O)C(C)(C)c2cc(Cl)c(C)cc21. The van der Waals surface area contributed by atoms with Crippen LogP contribution in [-0.2, 0) is 10.2 Å². The minimum absolute atomic E-state index is 0.106. The van der Waals surface area contributed by atoms with Gasteiger partial charge < -0.3 is 4.90 Å². The number of halogens is 1. The lowest BCUT2D eigenvalue weighted by atomic mass is 9.86. The predicted molar refractivity (Wildman–Crippen MR) is 71.8 cm³/mol. The molecule has 1 aromatic carbocycles. The number of amides is 1. The van der Waals surface area contributed by atoms with Crippen molar-refractivity contribution < 1.29 is 4.79 Å². The van der Waals surface area contributed by atoms with E-state index in [4.69, 9.17) is 11.6 Å². The summed E-state index contributed by atoms with van der Waals surface area (Å²) in [6.45, 7) is 10.1. The van der Waals surface area contributed by atoms with E-state index < -0.39 is 5.41 Å². The van der Waals surface area contributed by atoms with Gasteiger partial charge in [0.15, 0.2) is 0 Å². The van der Waals surface area contributed by atoms with E-state index in [0.717, 1.165) is 16.8 Å². The van der Waals surface area contributed by atoms with Crippen LogP contribution in [0.25, 0.3) is 0 Å². The van der Waals surface area contributed by atoms with Crippen molar-refractivity contribution in [2.45, 2.75) is 26.2 Å². The lowest BCUT2D eigenvalue weighted by Gasteiger charge is -2.18.